The summed E-state index contributed by atoms with van der Waals surface area (Å²) in [6, 6.07) is 5.03. The summed E-state index contributed by atoms with van der Waals surface area (Å²) in [4.78, 5) is 10.9. The third-order valence-electron chi connectivity index (χ3n) is 2.23. The largest absolute Gasteiger partial charge is 0.491 e. The predicted octanol–water partition coefficient (Wildman–Crippen LogP) is 2.34. The molecule has 94 valence electrons. The van der Waals surface area contributed by atoms with Crippen molar-refractivity contribution in [3.05, 3.63) is 28.8 Å². The number of rotatable bonds is 5. The van der Waals surface area contributed by atoms with Gasteiger partial charge in [-0.05, 0) is 24.6 Å². The van der Waals surface area contributed by atoms with Gasteiger partial charge in [0.05, 0.1) is 31.3 Å². The molecule has 5 heteroatoms. The lowest BCUT2D eigenvalue weighted by atomic mass is 10.1. The van der Waals surface area contributed by atoms with Gasteiger partial charge in [0.25, 0.3) is 0 Å². The van der Waals surface area contributed by atoms with Crippen LogP contribution in [0.4, 0.5) is 0 Å². The molecule has 0 aromatic heterocycles. The van der Waals surface area contributed by atoms with Crippen LogP contribution >= 0.6 is 11.6 Å². The number of carbonyl (C=O) groups is 1. The van der Waals surface area contributed by atoms with Crippen LogP contribution in [0.5, 0.6) is 5.75 Å². The van der Waals surface area contributed by atoms with Crippen molar-refractivity contribution in [1.29, 1.82) is 0 Å². The Bertz CT molecular complexity index is 390. The minimum Gasteiger partial charge on any atom is -0.491 e. The topological polar surface area (TPSA) is 55.8 Å². The molecule has 0 aliphatic rings. The van der Waals surface area contributed by atoms with Crippen LogP contribution in [0.1, 0.15) is 25.0 Å². The third kappa shape index (κ3) is 4.24. The summed E-state index contributed by atoms with van der Waals surface area (Å²) in [5.41, 5.74) is 0.718. The van der Waals surface area contributed by atoms with Crippen LogP contribution in [0, 0.1) is 0 Å². The molecule has 1 unspecified atom stereocenters. The number of aliphatic hydroxyl groups is 1. The molecular weight excluding hydrogens is 244 g/mol. The first kappa shape index (κ1) is 13.8. The fourth-order valence-electron chi connectivity index (χ4n) is 1.24. The maximum atomic E-state index is 10.9. The summed E-state index contributed by atoms with van der Waals surface area (Å²) in [5, 5.41) is 9.77. The molecule has 1 atom stereocenters. The quantitative estimate of drug-likeness (QED) is 0.824. The summed E-state index contributed by atoms with van der Waals surface area (Å²) < 4.78 is 9.81. The minimum absolute atomic E-state index is 0.172. The molecule has 0 amide bonds. The molecule has 0 bridgehead atoms. The molecule has 0 radical (unpaired) electrons. The lowest BCUT2D eigenvalue weighted by Gasteiger charge is -2.10. The Balaban J connectivity index is 2.57. The van der Waals surface area contributed by atoms with E-state index in [9.17, 15) is 9.90 Å². The maximum absolute atomic E-state index is 10.9. The van der Waals surface area contributed by atoms with Crippen LogP contribution in [0.15, 0.2) is 18.2 Å². The van der Waals surface area contributed by atoms with Gasteiger partial charge in [-0.2, -0.15) is 0 Å². The summed E-state index contributed by atoms with van der Waals surface area (Å²) in [7, 11) is 1.33. The molecule has 1 aromatic carbocycles. The monoisotopic (exact) mass is 258 g/mol. The zero-order chi connectivity index (χ0) is 12.8. The zero-order valence-electron chi connectivity index (χ0n) is 9.77. The third-order valence-corrected chi connectivity index (χ3v) is 2.53. The predicted molar refractivity (Wildman–Crippen MR) is 64.2 cm³/mol. The van der Waals surface area contributed by atoms with E-state index in [1.807, 2.05) is 0 Å². The molecule has 0 saturated heterocycles. The lowest BCUT2D eigenvalue weighted by molar-refractivity contribution is -0.141. The first-order valence-electron chi connectivity index (χ1n) is 5.21. The van der Waals surface area contributed by atoms with Gasteiger partial charge in [-0.3, -0.25) is 4.79 Å². The molecule has 0 fully saturated rings. The summed E-state index contributed by atoms with van der Waals surface area (Å²) in [6.07, 6.45) is -0.401. The molecule has 1 aromatic rings. The smallest absolute Gasteiger partial charge is 0.308 e. The van der Waals surface area contributed by atoms with E-state index >= 15 is 0 Å². The molecule has 1 N–H and O–H groups in total. The summed E-state index contributed by atoms with van der Waals surface area (Å²) >= 11 is 5.97. The van der Waals surface area contributed by atoms with E-state index in [4.69, 9.17) is 16.3 Å². The number of halogens is 1. The minimum atomic E-state index is -0.573. The van der Waals surface area contributed by atoms with Gasteiger partial charge in [0.2, 0.25) is 0 Å². The SMILES string of the molecule is COC(=O)CCOc1ccc(C(C)O)cc1Cl. The average Bonchev–Trinajstić information content (AvgIpc) is 2.30. The second kappa shape index (κ2) is 6.47. The zero-order valence-corrected chi connectivity index (χ0v) is 10.5. The number of hydrogen-bond donors (Lipinski definition) is 1. The van der Waals surface area contributed by atoms with Gasteiger partial charge in [0.15, 0.2) is 0 Å². The second-order valence-corrected chi connectivity index (χ2v) is 3.95. The number of hydrogen-bond acceptors (Lipinski definition) is 4. The Morgan fingerprint density at radius 1 is 1.53 bits per heavy atom. The highest BCUT2D eigenvalue weighted by Gasteiger charge is 2.07. The van der Waals surface area contributed by atoms with Crippen molar-refractivity contribution in [2.24, 2.45) is 0 Å². The summed E-state index contributed by atoms with van der Waals surface area (Å²) in [5.74, 6) is 0.154. The molecule has 0 aliphatic heterocycles. The highest BCUT2D eigenvalue weighted by atomic mass is 35.5. The second-order valence-electron chi connectivity index (χ2n) is 3.54. The molecule has 0 aliphatic carbocycles. The van der Waals surface area contributed by atoms with Crippen molar-refractivity contribution in [3.8, 4) is 5.75 Å². The lowest BCUT2D eigenvalue weighted by Crippen LogP contribution is -2.07. The van der Waals surface area contributed by atoms with Crippen molar-refractivity contribution in [1.82, 2.24) is 0 Å². The Morgan fingerprint density at radius 3 is 2.76 bits per heavy atom. The van der Waals surface area contributed by atoms with Gasteiger partial charge in [0.1, 0.15) is 5.75 Å². The number of carbonyl (C=O) groups excluding carboxylic acids is 1. The number of benzene rings is 1. The van der Waals surface area contributed by atoms with Crippen molar-refractivity contribution in [2.45, 2.75) is 19.4 Å². The number of methoxy groups -OCH3 is 1. The van der Waals surface area contributed by atoms with Gasteiger partial charge in [-0.25, -0.2) is 0 Å². The van der Waals surface area contributed by atoms with Gasteiger partial charge < -0.3 is 14.6 Å². The molecule has 0 heterocycles. The average molecular weight is 259 g/mol. The molecule has 0 saturated carbocycles. The van der Waals surface area contributed by atoms with Gasteiger partial charge in [-0.1, -0.05) is 17.7 Å². The number of ether oxygens (including phenoxy) is 2. The Morgan fingerprint density at radius 2 is 2.24 bits per heavy atom. The van der Waals surface area contributed by atoms with Crippen molar-refractivity contribution in [2.75, 3.05) is 13.7 Å². The van der Waals surface area contributed by atoms with Crippen LogP contribution in [-0.2, 0) is 9.53 Å². The maximum Gasteiger partial charge on any atom is 0.308 e. The van der Waals surface area contributed by atoms with E-state index in [0.717, 1.165) is 5.56 Å². The van der Waals surface area contributed by atoms with Crippen LogP contribution < -0.4 is 4.74 Å². The number of esters is 1. The van der Waals surface area contributed by atoms with Crippen molar-refractivity contribution in [3.63, 3.8) is 0 Å². The molecular formula is C12H15ClO4. The molecule has 17 heavy (non-hydrogen) atoms. The Kier molecular flexibility index (Phi) is 5.25. The fraction of sp³-hybridized carbons (Fsp3) is 0.417. The van der Waals surface area contributed by atoms with Gasteiger partial charge in [-0.15, -0.1) is 0 Å². The number of aliphatic hydroxyl groups excluding tert-OH is 1. The van der Waals surface area contributed by atoms with E-state index in [0.29, 0.717) is 10.8 Å². The highest BCUT2D eigenvalue weighted by Crippen LogP contribution is 2.27. The first-order valence-corrected chi connectivity index (χ1v) is 5.59. The van der Waals surface area contributed by atoms with Crippen molar-refractivity contribution >= 4 is 17.6 Å². The summed E-state index contributed by atoms with van der Waals surface area (Å²) in [6.45, 7) is 1.86. The Hall–Kier alpha value is -1.26. The van der Waals surface area contributed by atoms with Gasteiger partial charge in [0, 0.05) is 0 Å². The van der Waals surface area contributed by atoms with Crippen molar-refractivity contribution < 1.29 is 19.4 Å². The highest BCUT2D eigenvalue weighted by molar-refractivity contribution is 6.32. The van der Waals surface area contributed by atoms with E-state index in [2.05, 4.69) is 4.74 Å². The van der Waals surface area contributed by atoms with Crippen LogP contribution in [0.2, 0.25) is 5.02 Å². The van der Waals surface area contributed by atoms with Gasteiger partial charge >= 0.3 is 5.97 Å². The van der Waals surface area contributed by atoms with E-state index in [1.165, 1.54) is 7.11 Å². The molecule has 1 rings (SSSR count). The van der Waals surface area contributed by atoms with Crippen LogP contribution in [0.25, 0.3) is 0 Å². The Labute approximate surface area is 105 Å². The standard InChI is InChI=1S/C12H15ClO4/c1-8(14)9-3-4-11(10(13)7-9)17-6-5-12(15)16-2/h3-4,7-8,14H,5-6H2,1-2H3. The molecule has 4 nitrogen and oxygen atoms in total. The fourth-order valence-corrected chi connectivity index (χ4v) is 1.48. The van der Waals surface area contributed by atoms with Crippen LogP contribution in [0.3, 0.4) is 0 Å². The normalized spacial score (nSPS) is 12.0. The first-order chi connectivity index (χ1) is 8.04. The van der Waals surface area contributed by atoms with E-state index in [1.54, 1.807) is 25.1 Å². The van der Waals surface area contributed by atoms with Crippen LogP contribution in [-0.4, -0.2) is 24.8 Å². The molecule has 0 spiro atoms. The van der Waals surface area contributed by atoms with E-state index < -0.39 is 6.10 Å². The van der Waals surface area contributed by atoms with E-state index in [-0.39, 0.29) is 19.0 Å².